The largest absolute Gasteiger partial charge is 0.299 e. The van der Waals surface area contributed by atoms with Crippen LogP contribution in [-0.2, 0) is 4.79 Å². The zero-order valence-corrected chi connectivity index (χ0v) is 14.7. The summed E-state index contributed by atoms with van der Waals surface area (Å²) in [6.07, 6.45) is 19.3. The van der Waals surface area contributed by atoms with Crippen LogP contribution in [0.15, 0.2) is 0 Å². The molecule has 0 heterocycles. The molecule has 0 spiro atoms. The Morgan fingerprint density at radius 2 is 1.24 bits per heavy atom. The van der Waals surface area contributed by atoms with Crippen LogP contribution in [0.2, 0.25) is 0 Å². The summed E-state index contributed by atoms with van der Waals surface area (Å²) in [7, 11) is 0. The number of rotatable bonds is 12. The van der Waals surface area contributed by atoms with Gasteiger partial charge in [-0.3, -0.25) is 4.79 Å². The fraction of sp³-hybridized carbons (Fsp3) is 0.950. The molecule has 0 radical (unpaired) electrons. The zero-order valence-electron chi connectivity index (χ0n) is 14.7. The molecule has 0 atom stereocenters. The van der Waals surface area contributed by atoms with E-state index in [2.05, 4.69) is 13.8 Å². The SMILES string of the molecule is CCCCCCCCCCCCC(=O)C1CCC(C)CC1. The highest BCUT2D eigenvalue weighted by molar-refractivity contribution is 5.80. The fourth-order valence-corrected chi connectivity index (χ4v) is 3.57. The number of carbonyl (C=O) groups is 1. The topological polar surface area (TPSA) is 17.1 Å². The standard InChI is InChI=1S/C20H38O/c1-3-4-5-6-7-8-9-10-11-12-13-20(21)19-16-14-18(2)15-17-19/h18-19H,3-17H2,1-2H3. The predicted molar refractivity (Wildman–Crippen MR) is 92.6 cm³/mol. The Morgan fingerprint density at radius 3 is 1.76 bits per heavy atom. The second-order valence-electron chi connectivity index (χ2n) is 7.36. The Morgan fingerprint density at radius 1 is 0.762 bits per heavy atom. The minimum Gasteiger partial charge on any atom is -0.299 e. The quantitative estimate of drug-likeness (QED) is 0.366. The number of hydrogen-bond donors (Lipinski definition) is 0. The van der Waals surface area contributed by atoms with Gasteiger partial charge in [0.25, 0.3) is 0 Å². The van der Waals surface area contributed by atoms with E-state index in [9.17, 15) is 4.79 Å². The van der Waals surface area contributed by atoms with Gasteiger partial charge in [-0.2, -0.15) is 0 Å². The van der Waals surface area contributed by atoms with Gasteiger partial charge in [-0.1, -0.05) is 84.5 Å². The Bertz CT molecular complexity index is 251. The molecule has 1 rings (SSSR count). The van der Waals surface area contributed by atoms with Crippen molar-refractivity contribution in [2.45, 2.75) is 110 Å². The van der Waals surface area contributed by atoms with Crippen molar-refractivity contribution < 1.29 is 4.79 Å². The minimum atomic E-state index is 0.416. The fourth-order valence-electron chi connectivity index (χ4n) is 3.57. The summed E-state index contributed by atoms with van der Waals surface area (Å²) in [5.74, 6) is 1.84. The lowest BCUT2D eigenvalue weighted by molar-refractivity contribution is -0.124. The molecule has 0 aromatic heterocycles. The summed E-state index contributed by atoms with van der Waals surface area (Å²) in [6, 6.07) is 0. The van der Waals surface area contributed by atoms with Crippen molar-refractivity contribution in [2.24, 2.45) is 11.8 Å². The maximum Gasteiger partial charge on any atom is 0.135 e. The molecule has 0 bridgehead atoms. The number of carbonyl (C=O) groups excluding carboxylic acids is 1. The maximum atomic E-state index is 12.1. The van der Waals surface area contributed by atoms with Gasteiger partial charge >= 0.3 is 0 Å². The second-order valence-corrected chi connectivity index (χ2v) is 7.36. The zero-order chi connectivity index (χ0) is 15.3. The van der Waals surface area contributed by atoms with Crippen LogP contribution in [0.3, 0.4) is 0 Å². The normalized spacial score (nSPS) is 22.4. The van der Waals surface area contributed by atoms with Gasteiger partial charge in [0.1, 0.15) is 5.78 Å². The molecular weight excluding hydrogens is 256 g/mol. The molecule has 1 saturated carbocycles. The number of hydrogen-bond acceptors (Lipinski definition) is 1. The third kappa shape index (κ3) is 9.32. The molecule has 0 aromatic rings. The molecular formula is C20H38O. The first-order chi connectivity index (χ1) is 10.2. The highest BCUT2D eigenvalue weighted by Gasteiger charge is 2.23. The van der Waals surface area contributed by atoms with E-state index in [1.165, 1.54) is 70.6 Å². The third-order valence-electron chi connectivity index (χ3n) is 5.25. The Balaban J connectivity index is 1.86. The van der Waals surface area contributed by atoms with Crippen LogP contribution in [0.4, 0.5) is 0 Å². The van der Waals surface area contributed by atoms with E-state index in [0.29, 0.717) is 11.7 Å². The lowest BCUT2D eigenvalue weighted by Gasteiger charge is -2.25. The molecule has 1 nitrogen and oxygen atoms in total. The smallest absolute Gasteiger partial charge is 0.135 e. The second kappa shape index (κ2) is 12.2. The summed E-state index contributed by atoms with van der Waals surface area (Å²) in [6.45, 7) is 4.60. The van der Waals surface area contributed by atoms with Crippen molar-refractivity contribution in [3.05, 3.63) is 0 Å². The molecule has 0 aromatic carbocycles. The van der Waals surface area contributed by atoms with Crippen LogP contribution in [0.25, 0.3) is 0 Å². The van der Waals surface area contributed by atoms with E-state index in [0.717, 1.165) is 31.6 Å². The first-order valence-electron chi connectivity index (χ1n) is 9.76. The van der Waals surface area contributed by atoms with Crippen LogP contribution < -0.4 is 0 Å². The monoisotopic (exact) mass is 294 g/mol. The van der Waals surface area contributed by atoms with E-state index < -0.39 is 0 Å². The molecule has 21 heavy (non-hydrogen) atoms. The lowest BCUT2D eigenvalue weighted by atomic mass is 9.80. The van der Waals surface area contributed by atoms with Crippen LogP contribution >= 0.6 is 0 Å². The minimum absolute atomic E-state index is 0.416. The van der Waals surface area contributed by atoms with Gasteiger partial charge in [-0.15, -0.1) is 0 Å². The van der Waals surface area contributed by atoms with E-state index >= 15 is 0 Å². The van der Waals surface area contributed by atoms with Crippen molar-refractivity contribution in [3.8, 4) is 0 Å². The summed E-state index contributed by atoms with van der Waals surface area (Å²) in [5, 5.41) is 0. The summed E-state index contributed by atoms with van der Waals surface area (Å²) < 4.78 is 0. The van der Waals surface area contributed by atoms with Crippen LogP contribution in [0.1, 0.15) is 110 Å². The molecule has 124 valence electrons. The van der Waals surface area contributed by atoms with Gasteiger partial charge in [0.15, 0.2) is 0 Å². The molecule has 0 aliphatic heterocycles. The Hall–Kier alpha value is -0.330. The van der Waals surface area contributed by atoms with Crippen LogP contribution in [0, 0.1) is 11.8 Å². The van der Waals surface area contributed by atoms with Gasteiger partial charge in [-0.25, -0.2) is 0 Å². The van der Waals surface area contributed by atoms with Crippen molar-refractivity contribution in [1.29, 1.82) is 0 Å². The predicted octanol–water partition coefficient (Wildman–Crippen LogP) is 6.69. The molecule has 0 saturated heterocycles. The van der Waals surface area contributed by atoms with E-state index in [4.69, 9.17) is 0 Å². The number of unbranched alkanes of at least 4 members (excludes halogenated alkanes) is 9. The van der Waals surface area contributed by atoms with Crippen molar-refractivity contribution in [1.82, 2.24) is 0 Å². The summed E-state index contributed by atoms with van der Waals surface area (Å²) in [4.78, 5) is 12.1. The third-order valence-corrected chi connectivity index (χ3v) is 5.25. The maximum absolute atomic E-state index is 12.1. The van der Waals surface area contributed by atoms with E-state index in [-0.39, 0.29) is 0 Å². The first kappa shape index (κ1) is 18.7. The van der Waals surface area contributed by atoms with Gasteiger partial charge in [0.05, 0.1) is 0 Å². The van der Waals surface area contributed by atoms with E-state index in [1.54, 1.807) is 0 Å². The highest BCUT2D eigenvalue weighted by Crippen LogP contribution is 2.29. The molecule has 1 heteroatoms. The molecule has 0 unspecified atom stereocenters. The van der Waals surface area contributed by atoms with E-state index in [1.807, 2.05) is 0 Å². The van der Waals surface area contributed by atoms with Crippen molar-refractivity contribution in [2.75, 3.05) is 0 Å². The van der Waals surface area contributed by atoms with Gasteiger partial charge in [-0.05, 0) is 25.2 Å². The van der Waals surface area contributed by atoms with Crippen LogP contribution in [-0.4, -0.2) is 5.78 Å². The lowest BCUT2D eigenvalue weighted by Crippen LogP contribution is -2.20. The number of Topliss-reactive ketones (excluding diaryl/α,β-unsaturated/α-hetero) is 1. The molecule has 0 N–H and O–H groups in total. The molecule has 0 amide bonds. The summed E-state index contributed by atoms with van der Waals surface area (Å²) in [5.41, 5.74) is 0. The average Bonchev–Trinajstić information content (AvgIpc) is 2.49. The van der Waals surface area contributed by atoms with Crippen molar-refractivity contribution >= 4 is 5.78 Å². The molecule has 1 aliphatic rings. The first-order valence-corrected chi connectivity index (χ1v) is 9.76. The summed E-state index contributed by atoms with van der Waals surface area (Å²) >= 11 is 0. The highest BCUT2D eigenvalue weighted by atomic mass is 16.1. The van der Waals surface area contributed by atoms with Crippen LogP contribution in [0.5, 0.6) is 0 Å². The number of ketones is 1. The Labute approximate surface area is 133 Å². The molecule has 1 aliphatic carbocycles. The van der Waals surface area contributed by atoms with Gasteiger partial charge in [0.2, 0.25) is 0 Å². The molecule has 1 fully saturated rings. The van der Waals surface area contributed by atoms with Crippen molar-refractivity contribution in [3.63, 3.8) is 0 Å². The van der Waals surface area contributed by atoms with Gasteiger partial charge in [0, 0.05) is 12.3 Å². The van der Waals surface area contributed by atoms with Gasteiger partial charge < -0.3 is 0 Å². The Kier molecular flexibility index (Phi) is 10.9. The average molecular weight is 295 g/mol.